The van der Waals surface area contributed by atoms with Crippen molar-refractivity contribution in [3.8, 4) is 11.5 Å². The van der Waals surface area contributed by atoms with Crippen LogP contribution in [0.1, 0.15) is 13.3 Å². The zero-order valence-corrected chi connectivity index (χ0v) is 14.7. The number of methoxy groups -OCH3 is 2. The van der Waals surface area contributed by atoms with Gasteiger partial charge in [-0.05, 0) is 12.1 Å². The lowest BCUT2D eigenvalue weighted by Gasteiger charge is -2.12. The minimum atomic E-state index is -0.635. The van der Waals surface area contributed by atoms with Crippen molar-refractivity contribution >= 4 is 40.3 Å². The lowest BCUT2D eigenvalue weighted by Crippen LogP contribution is -2.29. The fraction of sp³-hybridized carbons (Fsp3) is 0.333. The summed E-state index contributed by atoms with van der Waals surface area (Å²) >= 11 is 1.08. The number of nitrogens with one attached hydrogen (secondary N) is 3. The number of anilines is 1. The molecule has 134 valence electrons. The lowest BCUT2D eigenvalue weighted by atomic mass is 10.2. The molecular formula is C15H18N4O5S. The van der Waals surface area contributed by atoms with Gasteiger partial charge in [-0.25, -0.2) is 5.43 Å². The highest BCUT2D eigenvalue weighted by Gasteiger charge is 2.32. The molecule has 0 radical (unpaired) electrons. The van der Waals surface area contributed by atoms with Gasteiger partial charge in [0.15, 0.2) is 5.17 Å². The molecule has 2 rings (SSSR count). The van der Waals surface area contributed by atoms with Crippen molar-refractivity contribution < 1.29 is 23.9 Å². The maximum atomic E-state index is 12.2. The second-order valence-electron chi connectivity index (χ2n) is 5.00. The monoisotopic (exact) mass is 366 g/mol. The van der Waals surface area contributed by atoms with Crippen molar-refractivity contribution in [1.82, 2.24) is 10.7 Å². The molecule has 10 heteroatoms. The van der Waals surface area contributed by atoms with Gasteiger partial charge < -0.3 is 20.1 Å². The first-order valence-electron chi connectivity index (χ1n) is 7.26. The number of hydrogen-bond donors (Lipinski definition) is 3. The minimum absolute atomic E-state index is 0.0596. The zero-order valence-electron chi connectivity index (χ0n) is 13.9. The van der Waals surface area contributed by atoms with Crippen molar-refractivity contribution in [1.29, 1.82) is 0 Å². The third-order valence-corrected chi connectivity index (χ3v) is 4.22. The van der Waals surface area contributed by atoms with E-state index in [0.29, 0.717) is 17.2 Å². The van der Waals surface area contributed by atoms with Crippen molar-refractivity contribution in [2.45, 2.75) is 18.6 Å². The van der Waals surface area contributed by atoms with Crippen molar-refractivity contribution in [3.05, 3.63) is 18.2 Å². The van der Waals surface area contributed by atoms with Crippen LogP contribution in [0.5, 0.6) is 11.5 Å². The second-order valence-corrected chi connectivity index (χ2v) is 6.19. The van der Waals surface area contributed by atoms with Crippen LogP contribution in [0.25, 0.3) is 0 Å². The molecular weight excluding hydrogens is 348 g/mol. The van der Waals surface area contributed by atoms with E-state index in [1.54, 1.807) is 18.2 Å². The van der Waals surface area contributed by atoms with E-state index in [2.05, 4.69) is 21.2 Å². The first-order chi connectivity index (χ1) is 11.9. The zero-order chi connectivity index (χ0) is 18.4. The van der Waals surface area contributed by atoms with Crippen LogP contribution < -0.4 is 25.5 Å². The number of hydrogen-bond acceptors (Lipinski definition) is 7. The number of nitrogens with zero attached hydrogens (tertiary/aromatic N) is 1. The topological polar surface area (TPSA) is 118 Å². The number of amides is 3. The average molecular weight is 366 g/mol. The molecule has 1 aromatic carbocycles. The van der Waals surface area contributed by atoms with Crippen LogP contribution in [0, 0.1) is 0 Å². The van der Waals surface area contributed by atoms with Crippen LogP contribution in [0.2, 0.25) is 0 Å². The van der Waals surface area contributed by atoms with Crippen LogP contribution >= 0.6 is 11.8 Å². The summed E-state index contributed by atoms with van der Waals surface area (Å²) < 4.78 is 10.3. The number of hydrazone groups is 1. The molecule has 0 aliphatic carbocycles. The molecule has 25 heavy (non-hydrogen) atoms. The summed E-state index contributed by atoms with van der Waals surface area (Å²) in [7, 11) is 3.01. The lowest BCUT2D eigenvalue weighted by molar-refractivity contribution is -0.122. The average Bonchev–Trinajstić information content (AvgIpc) is 2.92. The van der Waals surface area contributed by atoms with Gasteiger partial charge in [0.1, 0.15) is 16.7 Å². The highest BCUT2D eigenvalue weighted by atomic mass is 32.2. The fourth-order valence-electron chi connectivity index (χ4n) is 2.00. The van der Waals surface area contributed by atoms with Crippen LogP contribution in [-0.2, 0) is 14.4 Å². The molecule has 1 saturated heterocycles. The van der Waals surface area contributed by atoms with E-state index in [0.717, 1.165) is 11.8 Å². The molecule has 1 aromatic rings. The van der Waals surface area contributed by atoms with E-state index in [1.165, 1.54) is 21.1 Å². The van der Waals surface area contributed by atoms with E-state index in [1.807, 2.05) is 0 Å². The number of thioether (sulfide) groups is 1. The maximum absolute atomic E-state index is 12.2. The number of ether oxygens (including phenoxy) is 2. The summed E-state index contributed by atoms with van der Waals surface area (Å²) in [6, 6.07) is 5.01. The molecule has 0 aromatic heterocycles. The van der Waals surface area contributed by atoms with Gasteiger partial charge in [-0.3, -0.25) is 14.4 Å². The molecule has 1 aliphatic rings. The summed E-state index contributed by atoms with van der Waals surface area (Å²) in [5, 5.41) is 8.56. The van der Waals surface area contributed by atoms with Crippen LogP contribution in [-0.4, -0.2) is 42.4 Å². The molecule has 1 aliphatic heterocycles. The van der Waals surface area contributed by atoms with E-state index >= 15 is 0 Å². The molecule has 3 amide bonds. The van der Waals surface area contributed by atoms with E-state index in [4.69, 9.17) is 9.47 Å². The second kappa shape index (κ2) is 8.38. The molecule has 0 bridgehead atoms. The Morgan fingerprint density at radius 3 is 2.72 bits per heavy atom. The number of rotatable bonds is 6. The Balaban J connectivity index is 2.00. The number of amidine groups is 1. The quantitative estimate of drug-likeness (QED) is 0.637. The Bertz CT molecular complexity index is 722. The van der Waals surface area contributed by atoms with Crippen molar-refractivity contribution in [3.63, 3.8) is 0 Å². The number of benzene rings is 1. The molecule has 0 saturated carbocycles. The summed E-state index contributed by atoms with van der Waals surface area (Å²) in [5.41, 5.74) is 2.68. The smallest absolute Gasteiger partial charge is 0.240 e. The third-order valence-electron chi connectivity index (χ3n) is 3.14. The van der Waals surface area contributed by atoms with Gasteiger partial charge in [0, 0.05) is 19.4 Å². The van der Waals surface area contributed by atoms with Gasteiger partial charge in [0.2, 0.25) is 17.7 Å². The van der Waals surface area contributed by atoms with Gasteiger partial charge in [-0.15, -0.1) is 5.10 Å². The Hall–Kier alpha value is -2.75. The third kappa shape index (κ3) is 5.11. The SMILES string of the molecule is COc1ccc(OC)c(NC(=O)C[C@H]2S/C(=N/NC(C)=O)NC2=O)c1. The summed E-state index contributed by atoms with van der Waals surface area (Å²) in [5.74, 6) is -0.0186. The predicted octanol–water partition coefficient (Wildman–Crippen LogP) is 0.671. The molecule has 1 atom stereocenters. The van der Waals surface area contributed by atoms with Gasteiger partial charge in [0.05, 0.1) is 19.9 Å². The number of carbonyl (C=O) groups excluding carboxylic acids is 3. The molecule has 9 nitrogen and oxygen atoms in total. The van der Waals surface area contributed by atoms with Gasteiger partial charge in [-0.1, -0.05) is 11.8 Å². The van der Waals surface area contributed by atoms with Crippen LogP contribution in [0.3, 0.4) is 0 Å². The van der Waals surface area contributed by atoms with E-state index in [-0.39, 0.29) is 29.3 Å². The minimum Gasteiger partial charge on any atom is -0.497 e. The van der Waals surface area contributed by atoms with Crippen LogP contribution in [0.4, 0.5) is 5.69 Å². The van der Waals surface area contributed by atoms with E-state index < -0.39 is 5.25 Å². The van der Waals surface area contributed by atoms with Crippen molar-refractivity contribution in [2.75, 3.05) is 19.5 Å². The van der Waals surface area contributed by atoms with Gasteiger partial charge in [-0.2, -0.15) is 0 Å². The fourth-order valence-corrected chi connectivity index (χ4v) is 2.93. The Morgan fingerprint density at radius 2 is 2.08 bits per heavy atom. The molecule has 0 spiro atoms. The standard InChI is InChI=1S/C15H18N4O5S/c1-8(20)18-19-15-17-14(22)12(25-15)7-13(21)16-10-6-9(23-2)4-5-11(10)24-3/h4-6,12H,7H2,1-3H3,(H,16,21)(H,18,20)(H,17,19,22)/t12-/m1/s1. The molecule has 1 heterocycles. The van der Waals surface area contributed by atoms with Gasteiger partial charge in [0.25, 0.3) is 0 Å². The Kier molecular flexibility index (Phi) is 6.23. The highest BCUT2D eigenvalue weighted by Crippen LogP contribution is 2.30. The summed E-state index contributed by atoms with van der Waals surface area (Å²) in [4.78, 5) is 35.0. The van der Waals surface area contributed by atoms with Crippen LogP contribution in [0.15, 0.2) is 23.3 Å². The highest BCUT2D eigenvalue weighted by molar-refractivity contribution is 8.15. The largest absolute Gasteiger partial charge is 0.497 e. The maximum Gasteiger partial charge on any atom is 0.240 e. The number of carbonyl (C=O) groups is 3. The Morgan fingerprint density at radius 1 is 1.32 bits per heavy atom. The molecule has 0 unspecified atom stereocenters. The summed E-state index contributed by atoms with van der Waals surface area (Å²) in [6.45, 7) is 1.30. The van der Waals surface area contributed by atoms with Crippen molar-refractivity contribution in [2.24, 2.45) is 5.10 Å². The van der Waals surface area contributed by atoms with Gasteiger partial charge >= 0.3 is 0 Å². The normalized spacial score (nSPS) is 17.8. The molecule has 1 fully saturated rings. The first-order valence-corrected chi connectivity index (χ1v) is 8.14. The molecule has 3 N–H and O–H groups in total. The van der Waals surface area contributed by atoms with E-state index in [9.17, 15) is 14.4 Å². The predicted molar refractivity (Wildman–Crippen MR) is 93.6 cm³/mol. The Labute approximate surface area is 148 Å². The first kappa shape index (κ1) is 18.6. The summed E-state index contributed by atoms with van der Waals surface area (Å²) in [6.07, 6.45) is -0.0596.